The molecule has 3 nitrogen and oxygen atoms in total. The van der Waals surface area contributed by atoms with Crippen molar-refractivity contribution in [2.45, 2.75) is 32.9 Å². The van der Waals surface area contributed by atoms with E-state index in [1.54, 1.807) is 0 Å². The third-order valence-electron chi connectivity index (χ3n) is 3.63. The largest absolute Gasteiger partial charge is 0.487 e. The van der Waals surface area contributed by atoms with E-state index in [1.807, 2.05) is 30.6 Å². The molecule has 2 aromatic rings. The van der Waals surface area contributed by atoms with Crippen LogP contribution in [0.5, 0.6) is 5.75 Å². The molecule has 0 fully saturated rings. The van der Waals surface area contributed by atoms with Crippen molar-refractivity contribution in [1.29, 1.82) is 0 Å². The number of aromatic nitrogens is 2. The van der Waals surface area contributed by atoms with E-state index in [9.17, 15) is 0 Å². The average molecular weight is 277 g/mol. The van der Waals surface area contributed by atoms with Crippen molar-refractivity contribution >= 4 is 11.6 Å². The highest BCUT2D eigenvalue weighted by Gasteiger charge is 2.19. The normalized spacial score (nSPS) is 18.1. The maximum Gasteiger partial charge on any atom is 0.132 e. The van der Waals surface area contributed by atoms with E-state index in [-0.39, 0.29) is 0 Å². The molecule has 0 saturated heterocycles. The van der Waals surface area contributed by atoms with Crippen molar-refractivity contribution in [3.05, 3.63) is 47.0 Å². The molecule has 1 aromatic heterocycles. The Morgan fingerprint density at radius 3 is 2.95 bits per heavy atom. The molecule has 100 valence electrons. The second-order valence-electron chi connectivity index (χ2n) is 5.17. The first-order chi connectivity index (χ1) is 9.22. The molecule has 1 atom stereocenters. The lowest BCUT2D eigenvalue weighted by molar-refractivity contribution is 0.297. The molecule has 0 amide bonds. The van der Waals surface area contributed by atoms with Crippen LogP contribution in [0, 0.1) is 5.92 Å². The third kappa shape index (κ3) is 2.76. The van der Waals surface area contributed by atoms with Crippen LogP contribution in [0.15, 0.2) is 30.6 Å². The molecule has 2 heterocycles. The summed E-state index contributed by atoms with van der Waals surface area (Å²) >= 11 is 5.85. The lowest BCUT2D eigenvalue weighted by atomic mass is 9.97. The van der Waals surface area contributed by atoms with E-state index in [1.165, 1.54) is 12.1 Å². The highest BCUT2D eigenvalue weighted by atomic mass is 35.5. The second-order valence-corrected chi connectivity index (χ2v) is 5.61. The zero-order valence-corrected chi connectivity index (χ0v) is 11.7. The molecule has 0 N–H and O–H groups in total. The molecule has 0 spiro atoms. The van der Waals surface area contributed by atoms with Crippen LogP contribution in [-0.4, -0.2) is 9.55 Å². The topological polar surface area (TPSA) is 27.1 Å². The zero-order valence-electron chi connectivity index (χ0n) is 11.0. The van der Waals surface area contributed by atoms with E-state index in [4.69, 9.17) is 16.3 Å². The van der Waals surface area contributed by atoms with Crippen LogP contribution in [0.2, 0.25) is 5.02 Å². The van der Waals surface area contributed by atoms with Crippen LogP contribution in [0.1, 0.15) is 24.7 Å². The molecule has 0 saturated carbocycles. The van der Waals surface area contributed by atoms with Gasteiger partial charge in [0.15, 0.2) is 0 Å². The van der Waals surface area contributed by atoms with Crippen molar-refractivity contribution in [3.8, 4) is 5.75 Å². The summed E-state index contributed by atoms with van der Waals surface area (Å²) in [5.41, 5.74) is 2.38. The summed E-state index contributed by atoms with van der Waals surface area (Å²) in [5, 5.41) is 0.723. The van der Waals surface area contributed by atoms with Gasteiger partial charge in [0, 0.05) is 17.3 Å². The van der Waals surface area contributed by atoms with Gasteiger partial charge in [-0.25, -0.2) is 4.98 Å². The first kappa shape index (κ1) is 12.5. The van der Waals surface area contributed by atoms with Gasteiger partial charge in [0.05, 0.1) is 12.0 Å². The summed E-state index contributed by atoms with van der Waals surface area (Å²) in [6.45, 7) is 3.89. The van der Waals surface area contributed by atoms with Crippen molar-refractivity contribution in [2.24, 2.45) is 5.92 Å². The van der Waals surface area contributed by atoms with Gasteiger partial charge in [-0.1, -0.05) is 18.5 Å². The van der Waals surface area contributed by atoms with Gasteiger partial charge in [0.2, 0.25) is 0 Å². The van der Waals surface area contributed by atoms with Gasteiger partial charge in [-0.05, 0) is 43.0 Å². The first-order valence-electron chi connectivity index (χ1n) is 6.63. The molecule has 4 heteroatoms. The van der Waals surface area contributed by atoms with E-state index < -0.39 is 0 Å². The van der Waals surface area contributed by atoms with Crippen molar-refractivity contribution < 1.29 is 4.74 Å². The lowest BCUT2D eigenvalue weighted by Crippen LogP contribution is -2.17. The molecule has 1 unspecified atom stereocenters. The SMILES string of the molecule is CC1CCn2cnc(COc3ccc(Cl)cc3)c2C1. The monoisotopic (exact) mass is 276 g/mol. The number of imidazole rings is 1. The zero-order chi connectivity index (χ0) is 13.2. The van der Waals surface area contributed by atoms with Crippen LogP contribution in [0.4, 0.5) is 0 Å². The van der Waals surface area contributed by atoms with Gasteiger partial charge in [-0.3, -0.25) is 0 Å². The quantitative estimate of drug-likeness (QED) is 0.855. The van der Waals surface area contributed by atoms with Crippen LogP contribution in [0.3, 0.4) is 0 Å². The van der Waals surface area contributed by atoms with E-state index in [2.05, 4.69) is 16.5 Å². The molecular formula is C15H17ClN2O. The Balaban J connectivity index is 1.70. The highest BCUT2D eigenvalue weighted by Crippen LogP contribution is 2.23. The maximum atomic E-state index is 5.85. The Labute approximate surface area is 118 Å². The number of hydrogen-bond donors (Lipinski definition) is 0. The van der Waals surface area contributed by atoms with Gasteiger partial charge in [-0.2, -0.15) is 0 Å². The van der Waals surface area contributed by atoms with Gasteiger partial charge < -0.3 is 9.30 Å². The number of nitrogens with zero attached hydrogens (tertiary/aromatic N) is 2. The summed E-state index contributed by atoms with van der Waals surface area (Å²) in [4.78, 5) is 4.48. The molecule has 19 heavy (non-hydrogen) atoms. The number of halogens is 1. The van der Waals surface area contributed by atoms with Gasteiger partial charge in [0.25, 0.3) is 0 Å². The Morgan fingerprint density at radius 2 is 2.16 bits per heavy atom. The minimum absolute atomic E-state index is 0.524. The number of hydrogen-bond acceptors (Lipinski definition) is 2. The fraction of sp³-hybridized carbons (Fsp3) is 0.400. The first-order valence-corrected chi connectivity index (χ1v) is 7.01. The molecular weight excluding hydrogens is 260 g/mol. The molecule has 0 radical (unpaired) electrons. The van der Waals surface area contributed by atoms with Crippen LogP contribution < -0.4 is 4.74 Å². The minimum Gasteiger partial charge on any atom is -0.487 e. The standard InChI is InChI=1S/C15H17ClN2O/c1-11-6-7-18-10-17-14(15(18)8-11)9-19-13-4-2-12(16)3-5-13/h2-5,10-11H,6-9H2,1H3. The Bertz CT molecular complexity index is 562. The minimum atomic E-state index is 0.524. The average Bonchev–Trinajstić information content (AvgIpc) is 2.80. The molecule has 3 rings (SSSR count). The van der Waals surface area contributed by atoms with E-state index in [0.29, 0.717) is 6.61 Å². The fourth-order valence-electron chi connectivity index (χ4n) is 2.47. The number of ether oxygens (including phenoxy) is 1. The van der Waals surface area contributed by atoms with Gasteiger partial charge in [-0.15, -0.1) is 0 Å². The van der Waals surface area contributed by atoms with Crippen molar-refractivity contribution in [1.82, 2.24) is 9.55 Å². The van der Waals surface area contributed by atoms with E-state index in [0.717, 1.165) is 35.3 Å². The molecule has 0 aliphatic carbocycles. The molecule has 1 aliphatic heterocycles. The number of benzene rings is 1. The number of rotatable bonds is 3. The summed E-state index contributed by atoms with van der Waals surface area (Å²) in [6, 6.07) is 7.43. The second kappa shape index (κ2) is 5.25. The van der Waals surface area contributed by atoms with Crippen LogP contribution in [-0.2, 0) is 19.6 Å². The highest BCUT2D eigenvalue weighted by molar-refractivity contribution is 6.30. The summed E-state index contributed by atoms with van der Waals surface area (Å²) in [6.07, 6.45) is 4.27. The maximum absolute atomic E-state index is 5.85. The fourth-order valence-corrected chi connectivity index (χ4v) is 2.60. The van der Waals surface area contributed by atoms with Crippen LogP contribution >= 0.6 is 11.6 Å². The predicted octanol–water partition coefficient (Wildman–Crippen LogP) is 3.70. The van der Waals surface area contributed by atoms with Gasteiger partial charge >= 0.3 is 0 Å². The summed E-state index contributed by atoms with van der Waals surface area (Å²) < 4.78 is 8.02. The van der Waals surface area contributed by atoms with Crippen molar-refractivity contribution in [3.63, 3.8) is 0 Å². The molecule has 1 aliphatic rings. The van der Waals surface area contributed by atoms with Gasteiger partial charge in [0.1, 0.15) is 12.4 Å². The molecule has 0 bridgehead atoms. The number of aryl methyl sites for hydroxylation is 1. The number of fused-ring (bicyclic) bond motifs is 1. The Kier molecular flexibility index (Phi) is 3.47. The van der Waals surface area contributed by atoms with E-state index >= 15 is 0 Å². The smallest absolute Gasteiger partial charge is 0.132 e. The third-order valence-corrected chi connectivity index (χ3v) is 3.88. The summed E-state index contributed by atoms with van der Waals surface area (Å²) in [5.74, 6) is 1.56. The predicted molar refractivity (Wildman–Crippen MR) is 75.5 cm³/mol. The van der Waals surface area contributed by atoms with Crippen LogP contribution in [0.25, 0.3) is 0 Å². The lowest BCUT2D eigenvalue weighted by Gasteiger charge is -2.21. The van der Waals surface area contributed by atoms with Crippen molar-refractivity contribution in [2.75, 3.05) is 0 Å². The Morgan fingerprint density at radius 1 is 1.37 bits per heavy atom. The Hall–Kier alpha value is -1.48. The summed E-state index contributed by atoms with van der Waals surface area (Å²) in [7, 11) is 0. The molecule has 1 aromatic carbocycles.